The summed E-state index contributed by atoms with van der Waals surface area (Å²) in [6.45, 7) is 18.0. The summed E-state index contributed by atoms with van der Waals surface area (Å²) in [6, 6.07) is 0.310. The molecule has 2 aliphatic rings. The lowest BCUT2D eigenvalue weighted by Gasteiger charge is -2.26. The number of thioether (sulfide) groups is 1. The predicted molar refractivity (Wildman–Crippen MR) is 313 cm³/mol. The highest BCUT2D eigenvalue weighted by Crippen LogP contribution is 2.39. The van der Waals surface area contributed by atoms with Crippen LogP contribution in [0.5, 0.6) is 0 Å². The number of nitrogens with one attached hydrogen (secondary N) is 4. The number of esters is 2. The third kappa shape index (κ3) is 39.8. The van der Waals surface area contributed by atoms with Gasteiger partial charge in [-0.25, -0.2) is 4.79 Å². The van der Waals surface area contributed by atoms with Gasteiger partial charge in [0.1, 0.15) is 12.4 Å². The molecule has 3 amide bonds. The molecule has 0 spiro atoms. The van der Waals surface area contributed by atoms with Gasteiger partial charge in [0, 0.05) is 36.8 Å². The summed E-state index contributed by atoms with van der Waals surface area (Å²) in [4.78, 5) is 76.9. The van der Waals surface area contributed by atoms with Gasteiger partial charge in [-0.2, -0.15) is 11.8 Å². The van der Waals surface area contributed by atoms with Crippen LogP contribution in [0.3, 0.4) is 0 Å². The molecule has 17 heteroatoms. The van der Waals surface area contributed by atoms with Crippen LogP contribution in [-0.2, 0) is 42.3 Å². The normalized spacial score (nSPS) is 17.8. The number of phosphoric acid groups is 1. The van der Waals surface area contributed by atoms with Crippen molar-refractivity contribution >= 4 is 49.2 Å². The van der Waals surface area contributed by atoms with Crippen molar-refractivity contribution in [2.75, 3.05) is 51.8 Å². The molecule has 0 bridgehead atoms. The zero-order valence-corrected chi connectivity index (χ0v) is 51.7. The van der Waals surface area contributed by atoms with Crippen molar-refractivity contribution in [3.05, 3.63) is 0 Å². The van der Waals surface area contributed by atoms with E-state index < -0.39 is 38.4 Å². The summed E-state index contributed by atoms with van der Waals surface area (Å²) in [5, 5.41) is 9.31. The van der Waals surface area contributed by atoms with E-state index >= 15 is 0 Å². The van der Waals surface area contributed by atoms with Crippen molar-refractivity contribution in [1.29, 1.82) is 0 Å². The van der Waals surface area contributed by atoms with Crippen molar-refractivity contribution in [2.45, 2.75) is 290 Å². The zero-order chi connectivity index (χ0) is 56.8. The fraction of sp³-hybridized carbons (Fsp3) is 0.917. The molecule has 2 fully saturated rings. The Bertz CT molecular complexity index is 1550. The maximum absolute atomic E-state index is 13.2. The Balaban J connectivity index is 0.00000394. The molecule has 2 rings (SSSR count). The Labute approximate surface area is 473 Å². The number of hydrogen-bond acceptors (Lipinski definition) is 12. The summed E-state index contributed by atoms with van der Waals surface area (Å²) in [5.74, 6) is -0.715. The summed E-state index contributed by atoms with van der Waals surface area (Å²) in [5.41, 5.74) is 0. The highest BCUT2D eigenvalue weighted by atomic mass is 32.2. The monoisotopic (exact) mass is 1130 g/mol. The maximum Gasteiger partial charge on any atom is 0.315 e. The number of rotatable bonds is 51. The Morgan fingerprint density at radius 2 is 1.12 bits per heavy atom. The third-order valence-electron chi connectivity index (χ3n) is 15.3. The summed E-state index contributed by atoms with van der Waals surface area (Å²) in [7, 11) is -4.82. The van der Waals surface area contributed by atoms with Gasteiger partial charge in [-0.05, 0) is 65.7 Å². The number of ketones is 1. The van der Waals surface area contributed by atoms with Gasteiger partial charge in [0.15, 0.2) is 6.10 Å². The summed E-state index contributed by atoms with van der Waals surface area (Å²) in [6.07, 6.45) is 33.0. The number of phosphoric ester groups is 1. The number of ether oxygens (including phenoxy) is 2. The second-order valence-electron chi connectivity index (χ2n) is 22.2. The Kier molecular flexibility index (Phi) is 45.8. The molecule has 2 aliphatic heterocycles. The molecule has 15 nitrogen and oxygen atoms in total. The molecule has 0 aromatic carbocycles. The van der Waals surface area contributed by atoms with Gasteiger partial charge in [-0.3, -0.25) is 23.7 Å². The fourth-order valence-electron chi connectivity index (χ4n) is 9.93. The number of carbonyl (C=O) groups excluding carboxylic acids is 5. The fourth-order valence-corrected chi connectivity index (χ4v) is 12.2. The van der Waals surface area contributed by atoms with E-state index in [4.69, 9.17) is 18.5 Å². The largest absolute Gasteiger partial charge is 0.756 e. The first-order valence-electron chi connectivity index (χ1n) is 31.5. The van der Waals surface area contributed by atoms with Gasteiger partial charge >= 0.3 is 18.0 Å². The number of carbonyl (C=O) groups is 5. The van der Waals surface area contributed by atoms with Crippen LogP contribution in [0, 0.1) is 11.8 Å². The quantitative estimate of drug-likeness (QED) is 0.0195. The highest BCUT2D eigenvalue weighted by Gasteiger charge is 2.42. The van der Waals surface area contributed by atoms with Crippen LogP contribution in [0.4, 0.5) is 4.79 Å². The minimum atomic E-state index is -4.82. The van der Waals surface area contributed by atoms with Crippen LogP contribution in [-0.4, -0.2) is 105 Å². The average molecular weight is 1130 g/mol. The molecule has 0 aromatic rings. The molecule has 2 heterocycles. The molecule has 0 radical (unpaired) electrons. The molecule has 7 atom stereocenters. The highest BCUT2D eigenvalue weighted by molar-refractivity contribution is 8.00. The Morgan fingerprint density at radius 1 is 0.623 bits per heavy atom. The molecule has 5 unspecified atom stereocenters. The smallest absolute Gasteiger partial charge is 0.315 e. The molecular formula is C60H115N4O11PS. The van der Waals surface area contributed by atoms with E-state index in [-0.39, 0.29) is 61.8 Å². The van der Waals surface area contributed by atoms with E-state index in [9.17, 15) is 33.4 Å². The second-order valence-corrected chi connectivity index (χ2v) is 24.9. The number of fused-ring (bicyclic) bond motifs is 1. The van der Waals surface area contributed by atoms with E-state index in [2.05, 4.69) is 50.6 Å². The van der Waals surface area contributed by atoms with Crippen molar-refractivity contribution in [1.82, 2.24) is 16.0 Å². The van der Waals surface area contributed by atoms with E-state index in [0.717, 1.165) is 76.4 Å². The van der Waals surface area contributed by atoms with Gasteiger partial charge in [-0.1, -0.05) is 182 Å². The van der Waals surface area contributed by atoms with Gasteiger partial charge in [0.05, 0.1) is 56.8 Å². The van der Waals surface area contributed by atoms with Crippen molar-refractivity contribution < 1.29 is 56.9 Å². The maximum atomic E-state index is 13.2. The number of quaternary nitrogens is 1. The van der Waals surface area contributed by atoms with Crippen molar-refractivity contribution in [3.63, 3.8) is 0 Å². The predicted octanol–water partition coefficient (Wildman–Crippen LogP) is 12.3. The summed E-state index contributed by atoms with van der Waals surface area (Å²) >= 11 is 1.88. The van der Waals surface area contributed by atoms with Crippen LogP contribution in [0.1, 0.15) is 267 Å². The van der Waals surface area contributed by atoms with Gasteiger partial charge < -0.3 is 44.3 Å². The third-order valence-corrected chi connectivity index (χ3v) is 17.8. The molecule has 4 N–H and O–H groups in total. The molecule has 77 heavy (non-hydrogen) atoms. The van der Waals surface area contributed by atoms with Gasteiger partial charge in [0.2, 0.25) is 5.91 Å². The molecule has 2 saturated heterocycles. The van der Waals surface area contributed by atoms with Gasteiger partial charge in [-0.15, -0.1) is 0 Å². The zero-order valence-electron chi connectivity index (χ0n) is 50.0. The van der Waals surface area contributed by atoms with Crippen LogP contribution in [0.25, 0.3) is 0 Å². The Morgan fingerprint density at radius 3 is 1.65 bits per heavy atom. The van der Waals surface area contributed by atoms with Crippen LogP contribution >= 0.6 is 19.6 Å². The number of Topliss-reactive ketones (excluding diaryl/α,β-unsaturated/α-hetero) is 1. The van der Waals surface area contributed by atoms with E-state index in [0.29, 0.717) is 43.9 Å². The molecule has 452 valence electrons. The first-order valence-corrected chi connectivity index (χ1v) is 34.0. The lowest BCUT2D eigenvalue weighted by atomic mass is 10.0. The van der Waals surface area contributed by atoms with Crippen LogP contribution < -0.4 is 25.7 Å². The van der Waals surface area contributed by atoms with E-state index in [1.165, 1.54) is 122 Å². The summed E-state index contributed by atoms with van der Waals surface area (Å²) < 4.78 is 34.2. The van der Waals surface area contributed by atoms with E-state index in [1.54, 1.807) is 11.8 Å². The number of amides is 3. The van der Waals surface area contributed by atoms with Crippen LogP contribution in [0.15, 0.2) is 0 Å². The van der Waals surface area contributed by atoms with Crippen molar-refractivity contribution in [3.8, 4) is 0 Å². The minimum Gasteiger partial charge on any atom is -0.756 e. The molecule has 0 aromatic heterocycles. The second kappa shape index (κ2) is 48.5. The standard InChI is InChI=1S/C54H100N3O11PS.C6H15N/c1-5-7-9-11-13-15-17-19-21-23-26-33-44(3)52(60)65-41-47(68-53(61)45(4)34-27-24-22-20-18-16-14-12-10-8-6-2)42-67-69(63,64)66-40-32-36-46(58)35-28-25-31-39-55-50(59)38-30-29-37-49-51-48(43-70-49)56-54(62)57-51;1-4-7(5-2)6-3/h44-45,47-49,51H,5-43H2,1-4H3,(H,55,59)(H,63,64)(H2,56,57,62);4-6H2,1-3H3/t44?,45?,47?,48-,49?,51-;/m0./s1. The lowest BCUT2D eigenvalue weighted by Crippen LogP contribution is -3.11. The number of hydrogen-bond donors (Lipinski definition) is 4. The topological polar surface area (TPSA) is 203 Å². The minimum absolute atomic E-state index is 0.00258. The number of unbranched alkanes of at least 4 members (excludes halogenated alkanes) is 23. The van der Waals surface area contributed by atoms with Crippen LogP contribution in [0.2, 0.25) is 0 Å². The molecule has 0 aliphatic carbocycles. The number of urea groups is 1. The van der Waals surface area contributed by atoms with Crippen molar-refractivity contribution in [2.24, 2.45) is 11.8 Å². The average Bonchev–Trinajstić information content (AvgIpc) is 3.98. The molecule has 0 saturated carbocycles. The SMILES string of the molecule is CCCCCCCCCCCCCC(C)C(=O)OCC(COP(=O)([O-])OCCCC(=O)CCCCCNC(=O)CCCCC1SC[C@@H]2NC(=O)N[C@H]12)OC(=O)C(C)CCCCCCCCCCCCC.CC[NH+](CC)CC. The van der Waals surface area contributed by atoms with Gasteiger partial charge in [0.25, 0.3) is 7.82 Å². The first kappa shape index (κ1) is 72.8. The molecular weight excluding hydrogens is 1020 g/mol. The lowest BCUT2D eigenvalue weighted by molar-refractivity contribution is -0.894. The first-order chi connectivity index (χ1) is 37.2. The van der Waals surface area contributed by atoms with E-state index in [1.807, 2.05) is 18.7 Å². The Hall–Kier alpha value is -2.23.